The molecule has 1 rings (SSSR count). The molecule has 0 aromatic carbocycles. The van der Waals surface area contributed by atoms with Gasteiger partial charge in [0.2, 0.25) is 10.0 Å². The van der Waals surface area contributed by atoms with Crippen molar-refractivity contribution in [1.82, 2.24) is 10.0 Å². The number of rotatable bonds is 3. The highest BCUT2D eigenvalue weighted by Crippen LogP contribution is 2.13. The smallest absolute Gasteiger partial charge is 0.216 e. The van der Waals surface area contributed by atoms with Crippen LogP contribution in [0.1, 0.15) is 20.8 Å². The molecule has 0 aromatic rings. The third-order valence-electron chi connectivity index (χ3n) is 2.31. The highest BCUT2D eigenvalue weighted by Gasteiger charge is 2.29. The summed E-state index contributed by atoms with van der Waals surface area (Å²) >= 11 is 0. The Balaban J connectivity index is 2.42. The minimum absolute atomic E-state index is 0.0594. The molecule has 5 nitrogen and oxygen atoms in total. The molecule has 0 spiro atoms. The van der Waals surface area contributed by atoms with Gasteiger partial charge in [0.15, 0.2) is 0 Å². The first kappa shape index (κ1) is 12.9. The van der Waals surface area contributed by atoms with Gasteiger partial charge in [-0.2, -0.15) is 0 Å². The number of sulfonamides is 1. The third kappa shape index (κ3) is 3.71. The van der Waals surface area contributed by atoms with E-state index in [9.17, 15) is 8.42 Å². The molecule has 1 fully saturated rings. The van der Waals surface area contributed by atoms with Gasteiger partial charge in [0.1, 0.15) is 0 Å². The molecule has 2 N–H and O–H groups in total. The fourth-order valence-electron chi connectivity index (χ4n) is 1.17. The molecule has 1 heterocycles. The van der Waals surface area contributed by atoms with Crippen LogP contribution in [0.25, 0.3) is 0 Å². The minimum atomic E-state index is -3.25. The van der Waals surface area contributed by atoms with Gasteiger partial charge in [-0.3, -0.25) is 0 Å². The van der Waals surface area contributed by atoms with Gasteiger partial charge >= 0.3 is 0 Å². The summed E-state index contributed by atoms with van der Waals surface area (Å²) in [5.41, 5.74) is 0. The molecule has 0 aromatic heterocycles. The van der Waals surface area contributed by atoms with E-state index >= 15 is 0 Å². The van der Waals surface area contributed by atoms with Crippen molar-refractivity contribution in [2.45, 2.75) is 31.6 Å². The Hall–Kier alpha value is -0.170. The van der Waals surface area contributed by atoms with Crippen LogP contribution in [-0.2, 0) is 14.8 Å². The van der Waals surface area contributed by atoms with Gasteiger partial charge in [-0.05, 0) is 20.8 Å². The zero-order chi connectivity index (χ0) is 11.5. The maximum atomic E-state index is 11.7. The Morgan fingerprint density at radius 1 is 1.47 bits per heavy atom. The molecular weight excluding hydrogens is 216 g/mol. The number of hydrogen-bond acceptors (Lipinski definition) is 4. The van der Waals surface area contributed by atoms with Crippen molar-refractivity contribution in [3.8, 4) is 0 Å². The van der Waals surface area contributed by atoms with Crippen LogP contribution in [0, 0.1) is 0 Å². The molecular formula is C9H20N2O3S. The van der Waals surface area contributed by atoms with E-state index in [0.717, 1.165) is 6.54 Å². The molecule has 0 aliphatic carbocycles. The average Bonchev–Trinajstić information content (AvgIpc) is 2.15. The summed E-state index contributed by atoms with van der Waals surface area (Å²) in [7, 11) is -3.25. The molecule has 0 amide bonds. The SMILES string of the molecule is CC(C)(C)S(=O)(=O)NCC1CNCCO1. The number of nitrogens with one attached hydrogen (secondary N) is 2. The van der Waals surface area contributed by atoms with E-state index in [2.05, 4.69) is 10.0 Å². The van der Waals surface area contributed by atoms with Crippen LogP contribution in [0.5, 0.6) is 0 Å². The Morgan fingerprint density at radius 3 is 2.60 bits per heavy atom. The Bertz CT molecular complexity index is 289. The lowest BCUT2D eigenvalue weighted by Gasteiger charge is -2.26. The van der Waals surface area contributed by atoms with E-state index in [1.54, 1.807) is 20.8 Å². The number of morpholine rings is 1. The first-order valence-corrected chi connectivity index (χ1v) is 6.63. The molecule has 1 aliphatic heterocycles. The second-order valence-electron chi connectivity index (χ2n) is 4.66. The van der Waals surface area contributed by atoms with E-state index in [1.165, 1.54) is 0 Å². The summed E-state index contributed by atoms with van der Waals surface area (Å²) in [5, 5.41) is 3.15. The van der Waals surface area contributed by atoms with E-state index < -0.39 is 14.8 Å². The predicted octanol–water partition coefficient (Wildman–Crippen LogP) is -0.307. The average molecular weight is 236 g/mol. The van der Waals surface area contributed by atoms with E-state index in [-0.39, 0.29) is 6.10 Å². The third-order valence-corrected chi connectivity index (χ3v) is 4.47. The summed E-state index contributed by atoms with van der Waals surface area (Å²) in [4.78, 5) is 0. The quantitative estimate of drug-likeness (QED) is 0.705. The van der Waals surface area contributed by atoms with E-state index in [4.69, 9.17) is 4.74 Å². The fraction of sp³-hybridized carbons (Fsp3) is 1.00. The van der Waals surface area contributed by atoms with E-state index in [1.807, 2.05) is 0 Å². The second-order valence-corrected chi connectivity index (χ2v) is 7.18. The van der Waals surface area contributed by atoms with E-state index in [0.29, 0.717) is 19.7 Å². The fourth-order valence-corrected chi connectivity index (χ4v) is 2.01. The first-order valence-electron chi connectivity index (χ1n) is 5.14. The lowest BCUT2D eigenvalue weighted by molar-refractivity contribution is 0.0323. The molecule has 0 radical (unpaired) electrons. The highest BCUT2D eigenvalue weighted by molar-refractivity contribution is 7.90. The first-order chi connectivity index (χ1) is 6.83. The zero-order valence-electron chi connectivity index (χ0n) is 9.54. The number of hydrogen-bond donors (Lipinski definition) is 2. The maximum absolute atomic E-state index is 11.7. The van der Waals surface area contributed by atoms with Crippen LogP contribution in [-0.4, -0.2) is 45.5 Å². The van der Waals surface area contributed by atoms with Crippen LogP contribution in [0.15, 0.2) is 0 Å². The molecule has 1 saturated heterocycles. The predicted molar refractivity (Wildman–Crippen MR) is 59.3 cm³/mol. The molecule has 1 aliphatic rings. The molecule has 1 atom stereocenters. The van der Waals surface area contributed by atoms with Gasteiger partial charge < -0.3 is 10.1 Å². The van der Waals surface area contributed by atoms with Crippen molar-refractivity contribution < 1.29 is 13.2 Å². The van der Waals surface area contributed by atoms with Crippen LogP contribution < -0.4 is 10.0 Å². The summed E-state index contributed by atoms with van der Waals surface area (Å²) < 4.78 is 30.6. The van der Waals surface area contributed by atoms with Crippen LogP contribution in [0.3, 0.4) is 0 Å². The molecule has 15 heavy (non-hydrogen) atoms. The van der Waals surface area contributed by atoms with Crippen LogP contribution >= 0.6 is 0 Å². The Labute approximate surface area is 91.6 Å². The van der Waals surface area contributed by atoms with Crippen molar-refractivity contribution in [1.29, 1.82) is 0 Å². The summed E-state index contributed by atoms with van der Waals surface area (Å²) in [6, 6.07) is 0. The molecule has 6 heteroatoms. The second kappa shape index (κ2) is 4.78. The summed E-state index contributed by atoms with van der Waals surface area (Å²) in [5.74, 6) is 0. The summed E-state index contributed by atoms with van der Waals surface area (Å²) in [6.45, 7) is 7.55. The largest absolute Gasteiger partial charge is 0.374 e. The van der Waals surface area contributed by atoms with Crippen molar-refractivity contribution in [2.24, 2.45) is 0 Å². The molecule has 0 saturated carbocycles. The van der Waals surface area contributed by atoms with Crippen molar-refractivity contribution in [3.05, 3.63) is 0 Å². The van der Waals surface area contributed by atoms with Crippen LogP contribution in [0.4, 0.5) is 0 Å². The summed E-state index contributed by atoms with van der Waals surface area (Å²) in [6.07, 6.45) is -0.0594. The van der Waals surface area contributed by atoms with Gasteiger partial charge in [0, 0.05) is 19.6 Å². The minimum Gasteiger partial charge on any atom is -0.374 e. The van der Waals surface area contributed by atoms with Gasteiger partial charge in [0.05, 0.1) is 17.5 Å². The maximum Gasteiger partial charge on any atom is 0.216 e. The zero-order valence-corrected chi connectivity index (χ0v) is 10.4. The number of ether oxygens (including phenoxy) is 1. The van der Waals surface area contributed by atoms with Crippen molar-refractivity contribution in [2.75, 3.05) is 26.2 Å². The highest BCUT2D eigenvalue weighted by atomic mass is 32.2. The van der Waals surface area contributed by atoms with Gasteiger partial charge in [0.25, 0.3) is 0 Å². The molecule has 0 bridgehead atoms. The van der Waals surface area contributed by atoms with Gasteiger partial charge in [-0.1, -0.05) is 0 Å². The van der Waals surface area contributed by atoms with Crippen molar-refractivity contribution >= 4 is 10.0 Å². The Morgan fingerprint density at radius 2 is 2.13 bits per heavy atom. The standard InChI is InChI=1S/C9H20N2O3S/c1-9(2,3)15(12,13)11-7-8-6-10-4-5-14-8/h8,10-11H,4-7H2,1-3H3. The normalized spacial score (nSPS) is 24.1. The van der Waals surface area contributed by atoms with Gasteiger partial charge in [-0.15, -0.1) is 0 Å². The van der Waals surface area contributed by atoms with Crippen molar-refractivity contribution in [3.63, 3.8) is 0 Å². The monoisotopic (exact) mass is 236 g/mol. The van der Waals surface area contributed by atoms with Crippen LogP contribution in [0.2, 0.25) is 0 Å². The molecule has 90 valence electrons. The molecule has 1 unspecified atom stereocenters. The lowest BCUT2D eigenvalue weighted by Crippen LogP contribution is -2.48. The van der Waals surface area contributed by atoms with Gasteiger partial charge in [-0.25, -0.2) is 13.1 Å². The topological polar surface area (TPSA) is 67.4 Å². The Kier molecular flexibility index (Phi) is 4.11. The lowest BCUT2D eigenvalue weighted by atomic mass is 10.3.